The molecule has 0 amide bonds. The van der Waals surface area contributed by atoms with Gasteiger partial charge in [-0.2, -0.15) is 0 Å². The molecule has 0 bridgehead atoms. The average molecular weight is 194 g/mol. The molecule has 0 radical (unpaired) electrons. The molecule has 2 heteroatoms. The van der Waals surface area contributed by atoms with E-state index in [9.17, 15) is 4.79 Å². The molecule has 1 aliphatic carbocycles. The summed E-state index contributed by atoms with van der Waals surface area (Å²) in [6.07, 6.45) is 7.05. The Morgan fingerprint density at radius 2 is 2.36 bits per heavy atom. The zero-order valence-corrected chi connectivity index (χ0v) is 9.17. The maximum absolute atomic E-state index is 11.4. The molecular weight excluding hydrogens is 176 g/mol. The van der Waals surface area contributed by atoms with Gasteiger partial charge in [0, 0.05) is 5.57 Å². The van der Waals surface area contributed by atoms with Gasteiger partial charge in [0.25, 0.3) is 0 Å². The number of hydrogen-bond acceptors (Lipinski definition) is 2. The number of carbonyl (C=O) groups is 1. The van der Waals surface area contributed by atoms with Gasteiger partial charge >= 0.3 is 5.97 Å². The molecule has 1 atom stereocenters. The molecule has 1 aliphatic rings. The summed E-state index contributed by atoms with van der Waals surface area (Å²) in [5, 5.41) is 0. The summed E-state index contributed by atoms with van der Waals surface area (Å²) in [4.78, 5) is 11.4. The van der Waals surface area contributed by atoms with Crippen molar-refractivity contribution >= 4 is 5.97 Å². The van der Waals surface area contributed by atoms with E-state index in [1.54, 1.807) is 13.0 Å². The van der Waals surface area contributed by atoms with Crippen LogP contribution in [0.4, 0.5) is 0 Å². The second kappa shape index (κ2) is 4.99. The van der Waals surface area contributed by atoms with Crippen molar-refractivity contribution in [1.29, 1.82) is 0 Å². The molecular formula is C12H18O2. The van der Waals surface area contributed by atoms with Gasteiger partial charge in [-0.05, 0) is 46.1 Å². The summed E-state index contributed by atoms with van der Waals surface area (Å²) in [6, 6.07) is 0. The lowest BCUT2D eigenvalue weighted by molar-refractivity contribution is -0.142. The van der Waals surface area contributed by atoms with Crippen LogP contribution in [-0.2, 0) is 9.53 Å². The molecule has 2 nitrogen and oxygen atoms in total. The highest BCUT2D eigenvalue weighted by Gasteiger charge is 2.16. The highest BCUT2D eigenvalue weighted by atomic mass is 16.5. The molecule has 0 N–H and O–H groups in total. The SMILES string of the molecule is C/C=C(/C)C(=O)OC1C=C(C)CCC1. The highest BCUT2D eigenvalue weighted by Crippen LogP contribution is 2.20. The van der Waals surface area contributed by atoms with Crippen LogP contribution in [-0.4, -0.2) is 12.1 Å². The van der Waals surface area contributed by atoms with E-state index in [1.165, 1.54) is 5.57 Å². The van der Waals surface area contributed by atoms with Crippen LogP contribution in [0.2, 0.25) is 0 Å². The van der Waals surface area contributed by atoms with Crippen molar-refractivity contribution < 1.29 is 9.53 Å². The maximum atomic E-state index is 11.4. The monoisotopic (exact) mass is 194 g/mol. The van der Waals surface area contributed by atoms with Gasteiger partial charge in [0.15, 0.2) is 0 Å². The lowest BCUT2D eigenvalue weighted by Gasteiger charge is -2.19. The third-order valence-corrected chi connectivity index (χ3v) is 2.54. The molecule has 14 heavy (non-hydrogen) atoms. The molecule has 0 fully saturated rings. The van der Waals surface area contributed by atoms with Gasteiger partial charge < -0.3 is 4.74 Å². The minimum atomic E-state index is -0.191. The third-order valence-electron chi connectivity index (χ3n) is 2.54. The molecule has 1 rings (SSSR count). The Morgan fingerprint density at radius 1 is 1.64 bits per heavy atom. The first kappa shape index (κ1) is 11.0. The number of esters is 1. The van der Waals surface area contributed by atoms with Gasteiger partial charge in [-0.3, -0.25) is 0 Å². The maximum Gasteiger partial charge on any atom is 0.333 e. The molecule has 0 saturated heterocycles. The Bertz CT molecular complexity index is 274. The molecule has 0 aromatic rings. The van der Waals surface area contributed by atoms with Gasteiger partial charge in [0.1, 0.15) is 6.10 Å². The molecule has 78 valence electrons. The van der Waals surface area contributed by atoms with Crippen molar-refractivity contribution in [2.24, 2.45) is 0 Å². The van der Waals surface area contributed by atoms with Crippen molar-refractivity contribution in [3.05, 3.63) is 23.3 Å². The number of allylic oxidation sites excluding steroid dienone is 2. The summed E-state index contributed by atoms with van der Waals surface area (Å²) in [5.41, 5.74) is 2.01. The standard InChI is InChI=1S/C12H18O2/c1-4-10(3)12(13)14-11-7-5-6-9(2)8-11/h4,8,11H,5-7H2,1-3H3/b10-4-. The molecule has 0 saturated carbocycles. The van der Waals surface area contributed by atoms with Gasteiger partial charge in [-0.1, -0.05) is 11.6 Å². The van der Waals surface area contributed by atoms with Crippen molar-refractivity contribution in [3.63, 3.8) is 0 Å². The van der Waals surface area contributed by atoms with Crippen LogP contribution in [0.15, 0.2) is 23.3 Å². The van der Waals surface area contributed by atoms with Crippen molar-refractivity contribution in [3.8, 4) is 0 Å². The first-order valence-electron chi connectivity index (χ1n) is 5.14. The van der Waals surface area contributed by atoms with E-state index in [2.05, 4.69) is 13.0 Å². The lowest BCUT2D eigenvalue weighted by atomic mass is 9.99. The second-order valence-corrected chi connectivity index (χ2v) is 3.82. The van der Waals surface area contributed by atoms with E-state index in [0.717, 1.165) is 19.3 Å². The van der Waals surface area contributed by atoms with E-state index in [4.69, 9.17) is 4.74 Å². The summed E-state index contributed by atoms with van der Waals surface area (Å²) >= 11 is 0. The van der Waals surface area contributed by atoms with E-state index in [-0.39, 0.29) is 12.1 Å². The van der Waals surface area contributed by atoms with Crippen LogP contribution in [0.1, 0.15) is 40.0 Å². The van der Waals surface area contributed by atoms with Crippen molar-refractivity contribution in [1.82, 2.24) is 0 Å². The Kier molecular flexibility index (Phi) is 3.93. The fourth-order valence-corrected chi connectivity index (χ4v) is 1.51. The lowest BCUT2D eigenvalue weighted by Crippen LogP contribution is -2.19. The van der Waals surface area contributed by atoms with Crippen LogP contribution in [0.25, 0.3) is 0 Å². The quantitative estimate of drug-likeness (QED) is 0.384. The van der Waals surface area contributed by atoms with Crippen molar-refractivity contribution in [2.75, 3.05) is 0 Å². The van der Waals surface area contributed by atoms with Crippen LogP contribution in [0.3, 0.4) is 0 Å². The van der Waals surface area contributed by atoms with Gasteiger partial charge in [0.05, 0.1) is 0 Å². The fourth-order valence-electron chi connectivity index (χ4n) is 1.51. The minimum Gasteiger partial charge on any atom is -0.455 e. The van der Waals surface area contributed by atoms with Gasteiger partial charge in [-0.15, -0.1) is 0 Å². The Balaban J connectivity index is 2.52. The number of carbonyl (C=O) groups excluding carboxylic acids is 1. The van der Waals surface area contributed by atoms with Crippen LogP contribution in [0, 0.1) is 0 Å². The number of ether oxygens (including phenoxy) is 1. The van der Waals surface area contributed by atoms with Crippen molar-refractivity contribution in [2.45, 2.75) is 46.1 Å². The molecule has 0 spiro atoms. The topological polar surface area (TPSA) is 26.3 Å². The number of hydrogen-bond donors (Lipinski definition) is 0. The van der Waals surface area contributed by atoms with Crippen LogP contribution >= 0.6 is 0 Å². The fraction of sp³-hybridized carbons (Fsp3) is 0.583. The summed E-state index contributed by atoms with van der Waals surface area (Å²) in [5.74, 6) is -0.191. The Morgan fingerprint density at radius 3 is 2.93 bits per heavy atom. The first-order chi connectivity index (χ1) is 6.63. The zero-order valence-electron chi connectivity index (χ0n) is 9.17. The van der Waals surface area contributed by atoms with Gasteiger partial charge in [0.2, 0.25) is 0 Å². The summed E-state index contributed by atoms with van der Waals surface area (Å²) in [6.45, 7) is 5.71. The molecule has 0 heterocycles. The van der Waals surface area contributed by atoms with Crippen LogP contribution in [0.5, 0.6) is 0 Å². The molecule has 0 aromatic carbocycles. The zero-order chi connectivity index (χ0) is 10.6. The Labute approximate surface area is 85.6 Å². The first-order valence-corrected chi connectivity index (χ1v) is 5.14. The third kappa shape index (κ3) is 3.02. The normalized spacial score (nSPS) is 22.9. The number of rotatable bonds is 2. The highest BCUT2D eigenvalue weighted by molar-refractivity contribution is 5.87. The smallest absolute Gasteiger partial charge is 0.333 e. The molecule has 0 aromatic heterocycles. The minimum absolute atomic E-state index is 0.00819. The van der Waals surface area contributed by atoms with Gasteiger partial charge in [-0.25, -0.2) is 4.79 Å². The molecule has 1 unspecified atom stereocenters. The average Bonchev–Trinajstić information content (AvgIpc) is 2.16. The van der Waals surface area contributed by atoms with E-state index in [0.29, 0.717) is 5.57 Å². The van der Waals surface area contributed by atoms with Crippen LogP contribution < -0.4 is 0 Å². The predicted octanol–water partition coefficient (Wildman–Crippen LogP) is 2.99. The van der Waals surface area contributed by atoms with E-state index >= 15 is 0 Å². The largest absolute Gasteiger partial charge is 0.455 e. The van der Waals surface area contributed by atoms with E-state index in [1.807, 2.05) is 6.92 Å². The predicted molar refractivity (Wildman–Crippen MR) is 56.9 cm³/mol. The molecule has 0 aliphatic heterocycles. The second-order valence-electron chi connectivity index (χ2n) is 3.82. The summed E-state index contributed by atoms with van der Waals surface area (Å²) < 4.78 is 5.33. The van der Waals surface area contributed by atoms with E-state index < -0.39 is 0 Å². The summed E-state index contributed by atoms with van der Waals surface area (Å²) in [7, 11) is 0. The Hall–Kier alpha value is -1.05.